The molecule has 1 aliphatic rings. The molecule has 0 aliphatic carbocycles. The molecule has 0 aromatic heterocycles. The molecular formula is C19H26BCl2N3O5. The summed E-state index contributed by atoms with van der Waals surface area (Å²) in [5, 5.41) is 5.91. The first-order chi connectivity index (χ1) is 14.2. The zero-order valence-corrected chi connectivity index (χ0v) is 18.8. The summed E-state index contributed by atoms with van der Waals surface area (Å²) in [4.78, 5) is 38.6. The number of benzene rings is 1. The molecule has 1 aromatic rings. The van der Waals surface area contributed by atoms with E-state index in [1.165, 1.54) is 12.1 Å². The highest BCUT2D eigenvalue weighted by atomic mass is 35.5. The summed E-state index contributed by atoms with van der Waals surface area (Å²) in [5.74, 6) is -1.71. The van der Waals surface area contributed by atoms with Crippen molar-refractivity contribution in [1.29, 1.82) is 0 Å². The first kappa shape index (κ1) is 24.5. The second-order valence-electron chi connectivity index (χ2n) is 7.58. The minimum Gasteiger partial charge on any atom is -0.507 e. The van der Waals surface area contributed by atoms with Gasteiger partial charge in [0.15, 0.2) is 0 Å². The maximum Gasteiger partial charge on any atom is 0.551 e. The van der Waals surface area contributed by atoms with E-state index >= 15 is 0 Å². The van der Waals surface area contributed by atoms with Crippen molar-refractivity contribution in [3.05, 3.63) is 33.8 Å². The Morgan fingerprint density at radius 2 is 2.03 bits per heavy atom. The summed E-state index contributed by atoms with van der Waals surface area (Å²) in [6, 6.07) is 4.50. The van der Waals surface area contributed by atoms with Crippen molar-refractivity contribution >= 4 is 48.1 Å². The van der Waals surface area contributed by atoms with Gasteiger partial charge < -0.3 is 19.9 Å². The Kier molecular flexibility index (Phi) is 9.42. The molecule has 2 N–H and O–H groups in total. The van der Waals surface area contributed by atoms with Crippen molar-refractivity contribution < 1.29 is 23.7 Å². The van der Waals surface area contributed by atoms with Gasteiger partial charge in [0.25, 0.3) is 5.91 Å². The third-order valence-corrected chi connectivity index (χ3v) is 4.95. The predicted molar refractivity (Wildman–Crippen MR) is 115 cm³/mol. The van der Waals surface area contributed by atoms with Gasteiger partial charge in [0, 0.05) is 18.2 Å². The van der Waals surface area contributed by atoms with E-state index in [0.717, 1.165) is 0 Å². The Hall–Kier alpha value is -1.81. The molecule has 0 bridgehead atoms. The molecule has 30 heavy (non-hydrogen) atoms. The number of hydrogen-bond acceptors (Lipinski definition) is 6. The second kappa shape index (κ2) is 11.5. The van der Waals surface area contributed by atoms with E-state index in [2.05, 4.69) is 10.6 Å². The third kappa shape index (κ3) is 7.79. The van der Waals surface area contributed by atoms with E-state index in [1.54, 1.807) is 18.0 Å². The number of rotatable bonds is 7. The first-order valence-corrected chi connectivity index (χ1v) is 10.4. The molecule has 2 rings (SSSR count). The van der Waals surface area contributed by atoms with Crippen molar-refractivity contribution in [2.24, 2.45) is 5.92 Å². The van der Waals surface area contributed by atoms with Crippen molar-refractivity contribution in [3.8, 4) is 0 Å². The van der Waals surface area contributed by atoms with Crippen LogP contribution in [0.3, 0.4) is 0 Å². The van der Waals surface area contributed by atoms with Crippen molar-refractivity contribution in [2.45, 2.75) is 26.2 Å². The van der Waals surface area contributed by atoms with Crippen LogP contribution in [0.5, 0.6) is 0 Å². The smallest absolute Gasteiger partial charge is 0.507 e. The van der Waals surface area contributed by atoms with E-state index in [4.69, 9.17) is 32.5 Å². The topological polar surface area (TPSA) is 97.0 Å². The molecule has 0 radical (unpaired) electrons. The molecule has 0 spiro atoms. The number of amides is 2. The SMILES string of the molecule is CC(C)C[C@H](NC(=O)CNC(=O)c1cc(Cl)ccc1Cl)B1OCCN(C)CC(=O)O1. The lowest BCUT2D eigenvalue weighted by Gasteiger charge is -2.29. The molecule has 0 unspecified atom stereocenters. The Labute approximate surface area is 186 Å². The molecule has 1 aromatic carbocycles. The van der Waals surface area contributed by atoms with E-state index in [-0.39, 0.29) is 29.6 Å². The highest BCUT2D eigenvalue weighted by molar-refractivity contribution is 6.49. The minimum atomic E-state index is -0.893. The van der Waals surface area contributed by atoms with Gasteiger partial charge in [0.2, 0.25) is 5.91 Å². The molecule has 164 valence electrons. The molecule has 1 aliphatic heterocycles. The van der Waals surface area contributed by atoms with Crippen LogP contribution >= 0.6 is 23.2 Å². The molecule has 1 atom stereocenters. The van der Waals surface area contributed by atoms with Crippen LogP contribution in [0.4, 0.5) is 0 Å². The number of carbonyl (C=O) groups is 3. The van der Waals surface area contributed by atoms with Crippen LogP contribution < -0.4 is 10.6 Å². The number of halogens is 2. The average molecular weight is 458 g/mol. The van der Waals surface area contributed by atoms with Gasteiger partial charge in [-0.2, -0.15) is 0 Å². The van der Waals surface area contributed by atoms with E-state index in [0.29, 0.717) is 24.6 Å². The molecule has 8 nitrogen and oxygen atoms in total. The van der Waals surface area contributed by atoms with Gasteiger partial charge in [0.05, 0.1) is 29.6 Å². The Morgan fingerprint density at radius 1 is 1.30 bits per heavy atom. The third-order valence-electron chi connectivity index (χ3n) is 4.38. The summed E-state index contributed by atoms with van der Waals surface area (Å²) in [6.07, 6.45) is 0.535. The highest BCUT2D eigenvalue weighted by Gasteiger charge is 2.37. The molecular weight excluding hydrogens is 432 g/mol. The lowest BCUT2D eigenvalue weighted by atomic mass is 9.73. The number of nitrogens with zero attached hydrogens (tertiary/aromatic N) is 1. The molecule has 1 saturated heterocycles. The number of likely N-dealkylation sites (N-methyl/N-ethyl adjacent to an activating group) is 1. The molecule has 1 heterocycles. The zero-order valence-electron chi connectivity index (χ0n) is 17.2. The fraction of sp³-hybridized carbons (Fsp3) is 0.526. The van der Waals surface area contributed by atoms with Gasteiger partial charge in [-0.25, -0.2) is 0 Å². The monoisotopic (exact) mass is 457 g/mol. The Morgan fingerprint density at radius 3 is 2.73 bits per heavy atom. The summed E-state index contributed by atoms with van der Waals surface area (Å²) in [6.45, 7) is 4.78. The van der Waals surface area contributed by atoms with Gasteiger partial charge >= 0.3 is 13.1 Å². The van der Waals surface area contributed by atoms with Gasteiger partial charge in [-0.3, -0.25) is 19.3 Å². The maximum atomic E-state index is 12.5. The zero-order chi connectivity index (χ0) is 22.3. The molecule has 11 heteroatoms. The minimum absolute atomic E-state index is 0.151. The normalized spacial score (nSPS) is 16.5. The van der Waals surface area contributed by atoms with Crippen LogP contribution in [0, 0.1) is 5.92 Å². The fourth-order valence-electron chi connectivity index (χ4n) is 2.95. The van der Waals surface area contributed by atoms with Gasteiger partial charge in [-0.1, -0.05) is 37.0 Å². The van der Waals surface area contributed by atoms with Crippen LogP contribution in [0.1, 0.15) is 30.6 Å². The van der Waals surface area contributed by atoms with Gasteiger partial charge in [0.1, 0.15) is 0 Å². The van der Waals surface area contributed by atoms with E-state index in [9.17, 15) is 14.4 Å². The second-order valence-corrected chi connectivity index (χ2v) is 8.42. The predicted octanol–water partition coefficient (Wildman–Crippen LogP) is 1.79. The number of nitrogens with one attached hydrogen (secondary N) is 2. The van der Waals surface area contributed by atoms with Crippen molar-refractivity contribution in [1.82, 2.24) is 15.5 Å². The van der Waals surface area contributed by atoms with Crippen LogP contribution in [0.15, 0.2) is 18.2 Å². The van der Waals surface area contributed by atoms with Gasteiger partial charge in [-0.15, -0.1) is 0 Å². The van der Waals surface area contributed by atoms with E-state index in [1.807, 2.05) is 13.8 Å². The largest absolute Gasteiger partial charge is 0.551 e. The molecule has 0 saturated carbocycles. The van der Waals surface area contributed by atoms with Crippen LogP contribution in [-0.2, 0) is 18.9 Å². The van der Waals surface area contributed by atoms with Crippen LogP contribution in [0.25, 0.3) is 0 Å². The fourth-order valence-corrected chi connectivity index (χ4v) is 3.33. The Balaban J connectivity index is 1.98. The summed E-state index contributed by atoms with van der Waals surface area (Å²) in [7, 11) is 0.906. The standard InChI is InChI=1S/C19H26BCl2N3O5/c1-12(2)8-16(20-29-7-6-25(3)11-18(27)30-20)24-17(26)10-23-19(28)14-9-13(21)4-5-15(14)22/h4-5,9,12,16H,6-8,10-11H2,1-3H3,(H,23,28)(H,24,26)/t16-/m0/s1. The lowest BCUT2D eigenvalue weighted by Crippen LogP contribution is -2.54. The summed E-state index contributed by atoms with van der Waals surface area (Å²) in [5.41, 5.74) is 0.178. The maximum absolute atomic E-state index is 12.5. The lowest BCUT2D eigenvalue weighted by molar-refractivity contribution is -0.138. The quantitative estimate of drug-likeness (QED) is 0.606. The molecule has 2 amide bonds. The van der Waals surface area contributed by atoms with Crippen LogP contribution in [0.2, 0.25) is 10.0 Å². The summed E-state index contributed by atoms with van der Waals surface area (Å²) >= 11 is 11.9. The highest BCUT2D eigenvalue weighted by Crippen LogP contribution is 2.20. The average Bonchev–Trinajstić information content (AvgIpc) is 2.64. The number of hydrogen-bond donors (Lipinski definition) is 2. The van der Waals surface area contributed by atoms with Crippen LogP contribution in [-0.4, -0.2) is 69.0 Å². The first-order valence-electron chi connectivity index (χ1n) is 9.68. The van der Waals surface area contributed by atoms with E-state index < -0.39 is 30.8 Å². The number of carbonyl (C=O) groups excluding carboxylic acids is 3. The van der Waals surface area contributed by atoms with Gasteiger partial charge in [-0.05, 0) is 37.6 Å². The van der Waals surface area contributed by atoms with Crippen molar-refractivity contribution in [2.75, 3.05) is 33.3 Å². The van der Waals surface area contributed by atoms with Crippen molar-refractivity contribution in [3.63, 3.8) is 0 Å². The molecule has 1 fully saturated rings. The Bertz CT molecular complexity index is 781. The summed E-state index contributed by atoms with van der Waals surface area (Å²) < 4.78 is 11.1.